The van der Waals surface area contributed by atoms with E-state index in [0.717, 1.165) is 5.43 Å². The maximum Gasteiger partial charge on any atom is 0.460 e. The van der Waals surface area contributed by atoms with Crippen molar-refractivity contribution >= 4 is 18.1 Å². The Labute approximate surface area is 163 Å². The van der Waals surface area contributed by atoms with E-state index in [1.165, 1.54) is 30.3 Å². The van der Waals surface area contributed by atoms with Gasteiger partial charge >= 0.3 is 29.9 Å². The first-order valence-electron chi connectivity index (χ1n) is 7.78. The fourth-order valence-electron chi connectivity index (χ4n) is 2.13. The van der Waals surface area contributed by atoms with Crippen molar-refractivity contribution in [1.29, 1.82) is 0 Å². The highest BCUT2D eigenvalue weighted by Gasteiger charge is 2.76. The van der Waals surface area contributed by atoms with Gasteiger partial charge in [-0.2, -0.15) is 35.8 Å². The van der Waals surface area contributed by atoms with Crippen molar-refractivity contribution in [2.45, 2.75) is 24.9 Å². The van der Waals surface area contributed by atoms with Gasteiger partial charge in [0.25, 0.3) is 0 Å². The normalized spacial score (nSPS) is 12.9. The second kappa shape index (κ2) is 7.80. The molecule has 2 aromatic rings. The van der Waals surface area contributed by atoms with E-state index in [9.17, 15) is 40.3 Å². The third-order valence-corrected chi connectivity index (χ3v) is 3.77. The summed E-state index contributed by atoms with van der Waals surface area (Å²) in [6.07, 6.45) is -6.07. The lowest BCUT2D eigenvalue weighted by molar-refractivity contribution is -0.344. The zero-order chi connectivity index (χ0) is 22.9. The number of hydrogen-bond donors (Lipinski definition) is 2. The molecule has 1 aromatic heterocycles. The number of carbonyl (C=O) groups excluding carboxylic acids is 1. The lowest BCUT2D eigenvalue weighted by Crippen LogP contribution is -2.58. The minimum Gasteiger partial charge on any atom is -0.478 e. The zero-order valence-corrected chi connectivity index (χ0v) is 14.7. The number of hydrogen-bond acceptors (Lipinski definition) is 4. The van der Waals surface area contributed by atoms with Gasteiger partial charge in [0.1, 0.15) is 11.5 Å². The number of rotatable bonds is 6. The van der Waals surface area contributed by atoms with Gasteiger partial charge in [-0.1, -0.05) is 6.07 Å². The van der Waals surface area contributed by atoms with Gasteiger partial charge in [-0.05, 0) is 36.8 Å². The molecule has 0 saturated heterocycles. The van der Waals surface area contributed by atoms with Gasteiger partial charge in [-0.3, -0.25) is 4.79 Å². The summed E-state index contributed by atoms with van der Waals surface area (Å²) >= 11 is 0. The van der Waals surface area contributed by atoms with Gasteiger partial charge in [0.15, 0.2) is 0 Å². The van der Waals surface area contributed by atoms with E-state index < -0.39 is 29.9 Å². The topological polar surface area (TPSA) is 91.9 Å². The second-order valence-corrected chi connectivity index (χ2v) is 5.88. The van der Waals surface area contributed by atoms with Crippen LogP contribution in [0.4, 0.5) is 30.7 Å². The number of furan rings is 1. The molecule has 0 atom stereocenters. The molecule has 2 rings (SSSR count). The molecular weight excluding hydrogens is 429 g/mol. The summed E-state index contributed by atoms with van der Waals surface area (Å²) in [7, 11) is 0. The van der Waals surface area contributed by atoms with Gasteiger partial charge in [0.2, 0.25) is 0 Å². The third-order valence-electron chi connectivity index (χ3n) is 3.77. The number of aryl methyl sites for hydroxylation is 1. The first kappa shape index (κ1) is 22.9. The van der Waals surface area contributed by atoms with Crippen molar-refractivity contribution in [3.8, 4) is 11.3 Å². The Morgan fingerprint density at radius 3 is 2.27 bits per heavy atom. The lowest BCUT2D eigenvalue weighted by Gasteiger charge is -2.26. The van der Waals surface area contributed by atoms with E-state index in [2.05, 4.69) is 5.10 Å². The molecule has 0 radical (unpaired) electrons. The summed E-state index contributed by atoms with van der Waals surface area (Å²) in [5.74, 6) is -17.0. The van der Waals surface area contributed by atoms with Crippen LogP contribution in [-0.4, -0.2) is 41.2 Å². The quantitative estimate of drug-likeness (QED) is 0.400. The maximum atomic E-state index is 13.2. The molecule has 1 heterocycles. The molecule has 0 aliphatic heterocycles. The van der Waals surface area contributed by atoms with Crippen LogP contribution in [0.15, 0.2) is 39.9 Å². The first-order valence-corrected chi connectivity index (χ1v) is 7.78. The van der Waals surface area contributed by atoms with Crippen LogP contribution in [0.2, 0.25) is 0 Å². The Bertz CT molecular complexity index is 996. The smallest absolute Gasteiger partial charge is 0.460 e. The van der Waals surface area contributed by atoms with E-state index in [1.807, 2.05) is 0 Å². The van der Waals surface area contributed by atoms with E-state index in [-0.39, 0.29) is 17.1 Å². The molecule has 0 fully saturated rings. The van der Waals surface area contributed by atoms with E-state index in [1.54, 1.807) is 6.92 Å². The van der Waals surface area contributed by atoms with E-state index >= 15 is 0 Å². The van der Waals surface area contributed by atoms with Crippen molar-refractivity contribution in [3.05, 3.63) is 47.2 Å². The monoisotopic (exact) mass is 440 g/mol. The predicted molar refractivity (Wildman–Crippen MR) is 87.5 cm³/mol. The van der Waals surface area contributed by atoms with Crippen molar-refractivity contribution in [2.24, 2.45) is 5.10 Å². The molecule has 1 aromatic carbocycles. The Balaban J connectivity index is 2.17. The average Bonchev–Trinajstić information content (AvgIpc) is 3.09. The molecule has 0 unspecified atom stereocenters. The van der Waals surface area contributed by atoms with Gasteiger partial charge in [-0.15, -0.1) is 0 Å². The summed E-state index contributed by atoms with van der Waals surface area (Å²) < 4.78 is 93.3. The van der Waals surface area contributed by atoms with Crippen LogP contribution in [0.1, 0.15) is 21.7 Å². The number of benzene rings is 1. The number of carboxylic acids is 1. The Morgan fingerprint density at radius 1 is 1.07 bits per heavy atom. The standard InChI is InChI=1S/C17H11F7N2O4/c1-8-2-3-9(13(27)28)6-11(8)12-5-4-10(30-12)7-25-26-14(29)15(18,19)16(20,21)17(22,23)24/h2-7H,1H3,(H,26,29)(H,27,28). The molecule has 0 spiro atoms. The molecule has 0 aliphatic carbocycles. The highest BCUT2D eigenvalue weighted by Crippen LogP contribution is 2.46. The van der Waals surface area contributed by atoms with Crippen LogP contribution in [0.5, 0.6) is 0 Å². The Morgan fingerprint density at radius 2 is 1.70 bits per heavy atom. The summed E-state index contributed by atoms with van der Waals surface area (Å²) in [6, 6.07) is 6.68. The van der Waals surface area contributed by atoms with Crippen LogP contribution in [0, 0.1) is 6.92 Å². The maximum absolute atomic E-state index is 13.2. The van der Waals surface area contributed by atoms with Crippen molar-refractivity contribution in [3.63, 3.8) is 0 Å². The second-order valence-electron chi connectivity index (χ2n) is 5.88. The number of nitrogens with zero attached hydrogens (tertiary/aromatic N) is 1. The van der Waals surface area contributed by atoms with Gasteiger partial charge in [0, 0.05) is 5.56 Å². The van der Waals surface area contributed by atoms with E-state index in [4.69, 9.17) is 9.52 Å². The largest absolute Gasteiger partial charge is 0.478 e. The first-order chi connectivity index (χ1) is 13.7. The predicted octanol–water partition coefficient (Wildman–Crippen LogP) is 4.24. The highest BCUT2D eigenvalue weighted by molar-refractivity contribution is 5.90. The molecule has 2 N–H and O–H groups in total. The third kappa shape index (κ3) is 4.28. The molecule has 0 aliphatic rings. The highest BCUT2D eigenvalue weighted by atomic mass is 19.4. The van der Waals surface area contributed by atoms with Crippen molar-refractivity contribution in [2.75, 3.05) is 0 Å². The molecule has 0 saturated carbocycles. The SMILES string of the molecule is Cc1ccc(C(=O)O)cc1-c1ccc(C=NNC(=O)C(F)(F)C(F)(F)C(F)(F)F)o1. The number of aromatic carboxylic acids is 1. The molecule has 6 nitrogen and oxygen atoms in total. The fourth-order valence-corrected chi connectivity index (χ4v) is 2.13. The van der Waals surface area contributed by atoms with Gasteiger partial charge in [0.05, 0.1) is 11.8 Å². The molecule has 13 heteroatoms. The number of carbonyl (C=O) groups is 2. The molecule has 162 valence electrons. The molecule has 1 amide bonds. The molecule has 0 bridgehead atoms. The fraction of sp³-hybridized carbons (Fsp3) is 0.235. The number of nitrogens with one attached hydrogen (secondary N) is 1. The Hall–Kier alpha value is -3.38. The minimum atomic E-state index is -6.66. The summed E-state index contributed by atoms with van der Waals surface area (Å²) in [6.45, 7) is 1.64. The van der Waals surface area contributed by atoms with Crippen LogP contribution < -0.4 is 5.43 Å². The summed E-state index contributed by atoms with van der Waals surface area (Å²) in [5, 5.41) is 11.9. The van der Waals surface area contributed by atoms with Crippen molar-refractivity contribution in [1.82, 2.24) is 5.43 Å². The van der Waals surface area contributed by atoms with Gasteiger partial charge in [-0.25, -0.2) is 10.2 Å². The number of amides is 1. The average molecular weight is 440 g/mol. The molecular formula is C17H11F7N2O4. The lowest BCUT2D eigenvalue weighted by atomic mass is 10.0. The van der Waals surface area contributed by atoms with Gasteiger partial charge < -0.3 is 9.52 Å². The van der Waals surface area contributed by atoms with Crippen LogP contribution in [0.25, 0.3) is 11.3 Å². The molecule has 30 heavy (non-hydrogen) atoms. The number of carboxylic acid groups (broad SMARTS) is 1. The number of hydrazone groups is 1. The van der Waals surface area contributed by atoms with Crippen molar-refractivity contribution < 1.29 is 49.8 Å². The number of halogens is 7. The Kier molecular flexibility index (Phi) is 5.96. The van der Waals surface area contributed by atoms with Crippen LogP contribution in [0.3, 0.4) is 0 Å². The zero-order valence-electron chi connectivity index (χ0n) is 14.7. The van der Waals surface area contributed by atoms with Crippen LogP contribution in [-0.2, 0) is 4.79 Å². The summed E-state index contributed by atoms with van der Waals surface area (Å²) in [4.78, 5) is 22.1. The summed E-state index contributed by atoms with van der Waals surface area (Å²) in [5.41, 5.74) is 1.81. The van der Waals surface area contributed by atoms with E-state index in [0.29, 0.717) is 17.3 Å². The van der Waals surface area contributed by atoms with Crippen LogP contribution >= 0.6 is 0 Å². The number of alkyl halides is 7. The minimum absolute atomic E-state index is 0.0534.